The molecule has 1 aliphatic heterocycles. The molecule has 3 rings (SSSR count). The molecule has 0 N–H and O–H groups in total. The van der Waals surface area contributed by atoms with Crippen LogP contribution in [0, 0.1) is 11.3 Å². The van der Waals surface area contributed by atoms with Gasteiger partial charge in [0.05, 0.1) is 5.56 Å². The average molecular weight is 330 g/mol. The van der Waals surface area contributed by atoms with E-state index >= 15 is 0 Å². The summed E-state index contributed by atoms with van der Waals surface area (Å²) in [5.41, 5.74) is 4.17. The van der Waals surface area contributed by atoms with Gasteiger partial charge in [0.2, 0.25) is 0 Å². The van der Waals surface area contributed by atoms with Gasteiger partial charge in [-0.2, -0.15) is 5.26 Å². The number of thioether (sulfide) groups is 1. The Bertz CT molecular complexity index is 722. The molecule has 0 unspecified atom stereocenters. The van der Waals surface area contributed by atoms with E-state index in [2.05, 4.69) is 18.0 Å². The average Bonchev–Trinajstić information content (AvgIpc) is 2.53. The van der Waals surface area contributed by atoms with Crippen molar-refractivity contribution in [2.24, 2.45) is 0 Å². The molecule has 1 aromatic carbocycles. The van der Waals surface area contributed by atoms with Crippen LogP contribution in [0.4, 0.5) is 0 Å². The fourth-order valence-corrected chi connectivity index (χ4v) is 3.57. The van der Waals surface area contributed by atoms with Gasteiger partial charge >= 0.3 is 0 Å². The van der Waals surface area contributed by atoms with E-state index in [1.807, 2.05) is 30.3 Å². The number of nitriles is 1. The topological polar surface area (TPSA) is 39.9 Å². The van der Waals surface area contributed by atoms with Crippen LogP contribution in [0.2, 0.25) is 5.02 Å². The lowest BCUT2D eigenvalue weighted by Crippen LogP contribution is -2.27. The van der Waals surface area contributed by atoms with Crippen LogP contribution in [0.25, 0.3) is 0 Å². The molecule has 0 spiro atoms. The first-order chi connectivity index (χ1) is 10.7. The van der Waals surface area contributed by atoms with Crippen LogP contribution < -0.4 is 0 Å². The summed E-state index contributed by atoms with van der Waals surface area (Å²) in [5.74, 6) is 0.789. The standard InChI is InChI=1S/C17H16ClN3S/c1-21-7-6-16-14(10-21)8-13(9-19)17(20-16)22-11-12-2-4-15(18)5-3-12/h2-5,8H,6-7,10-11H2,1H3. The molecule has 0 saturated carbocycles. The predicted molar refractivity (Wildman–Crippen MR) is 90.0 cm³/mol. The zero-order chi connectivity index (χ0) is 15.5. The highest BCUT2D eigenvalue weighted by atomic mass is 35.5. The summed E-state index contributed by atoms with van der Waals surface area (Å²) in [5, 5.41) is 11.0. The van der Waals surface area contributed by atoms with Crippen molar-refractivity contribution in [1.82, 2.24) is 9.88 Å². The zero-order valence-corrected chi connectivity index (χ0v) is 13.9. The SMILES string of the molecule is CN1CCc2nc(SCc3ccc(Cl)cc3)c(C#N)cc2C1. The van der Waals surface area contributed by atoms with Crippen molar-refractivity contribution in [2.75, 3.05) is 13.6 Å². The molecule has 0 aliphatic carbocycles. The van der Waals surface area contributed by atoms with Crippen molar-refractivity contribution in [3.05, 3.63) is 57.7 Å². The molecule has 0 radical (unpaired) electrons. The highest BCUT2D eigenvalue weighted by Crippen LogP contribution is 2.28. The maximum absolute atomic E-state index is 9.39. The van der Waals surface area contributed by atoms with Crippen molar-refractivity contribution in [3.63, 3.8) is 0 Å². The Balaban J connectivity index is 1.81. The van der Waals surface area contributed by atoms with Gasteiger partial charge in [-0.1, -0.05) is 23.7 Å². The molecule has 1 aromatic heterocycles. The van der Waals surface area contributed by atoms with Crippen LogP contribution in [0.1, 0.15) is 22.4 Å². The summed E-state index contributed by atoms with van der Waals surface area (Å²) in [6, 6.07) is 12.1. The van der Waals surface area contributed by atoms with E-state index in [1.165, 1.54) is 11.1 Å². The molecule has 0 atom stereocenters. The number of nitrogens with zero attached hydrogens (tertiary/aromatic N) is 3. The van der Waals surface area contributed by atoms with Crippen LogP contribution in [0.3, 0.4) is 0 Å². The minimum atomic E-state index is 0.674. The van der Waals surface area contributed by atoms with Gasteiger partial charge in [0.25, 0.3) is 0 Å². The number of pyridine rings is 1. The highest BCUT2D eigenvalue weighted by Gasteiger charge is 2.18. The minimum Gasteiger partial charge on any atom is -0.302 e. The van der Waals surface area contributed by atoms with E-state index in [-0.39, 0.29) is 0 Å². The maximum Gasteiger partial charge on any atom is 0.114 e. The van der Waals surface area contributed by atoms with E-state index < -0.39 is 0 Å². The molecule has 0 bridgehead atoms. The third kappa shape index (κ3) is 3.44. The third-order valence-electron chi connectivity index (χ3n) is 3.74. The zero-order valence-electron chi connectivity index (χ0n) is 12.3. The Hall–Kier alpha value is -1.54. The number of hydrogen-bond donors (Lipinski definition) is 0. The molecular formula is C17H16ClN3S. The predicted octanol–water partition coefficient (Wildman–Crippen LogP) is 3.89. The van der Waals surface area contributed by atoms with Gasteiger partial charge in [-0.15, -0.1) is 11.8 Å². The van der Waals surface area contributed by atoms with Crippen molar-refractivity contribution in [2.45, 2.75) is 23.7 Å². The van der Waals surface area contributed by atoms with Crippen molar-refractivity contribution < 1.29 is 0 Å². The molecule has 3 nitrogen and oxygen atoms in total. The third-order valence-corrected chi connectivity index (χ3v) is 5.05. The van der Waals surface area contributed by atoms with Gasteiger partial charge in [0.1, 0.15) is 11.1 Å². The van der Waals surface area contributed by atoms with Crippen molar-refractivity contribution in [3.8, 4) is 6.07 Å². The van der Waals surface area contributed by atoms with E-state index in [0.29, 0.717) is 5.56 Å². The Morgan fingerprint density at radius 1 is 1.36 bits per heavy atom. The second-order valence-corrected chi connectivity index (χ2v) is 6.86. The number of aromatic nitrogens is 1. The summed E-state index contributed by atoms with van der Waals surface area (Å²) in [6.07, 6.45) is 0.950. The summed E-state index contributed by atoms with van der Waals surface area (Å²) >= 11 is 7.52. The Morgan fingerprint density at radius 3 is 2.86 bits per heavy atom. The molecule has 22 heavy (non-hydrogen) atoms. The first kappa shape index (κ1) is 15.4. The van der Waals surface area contributed by atoms with Crippen LogP contribution in [0.15, 0.2) is 35.4 Å². The van der Waals surface area contributed by atoms with E-state index in [4.69, 9.17) is 16.6 Å². The fourth-order valence-electron chi connectivity index (χ4n) is 2.52. The number of benzene rings is 1. The number of fused-ring (bicyclic) bond motifs is 1. The molecule has 0 saturated heterocycles. The monoisotopic (exact) mass is 329 g/mol. The van der Waals surface area contributed by atoms with Crippen LogP contribution in [-0.4, -0.2) is 23.5 Å². The van der Waals surface area contributed by atoms with Gasteiger partial charge in [0.15, 0.2) is 0 Å². The lowest BCUT2D eigenvalue weighted by Gasteiger charge is -2.24. The number of rotatable bonds is 3. The number of likely N-dealkylation sites (N-methyl/N-ethyl adjacent to an activating group) is 1. The number of halogens is 1. The van der Waals surface area contributed by atoms with Crippen molar-refractivity contribution in [1.29, 1.82) is 5.26 Å². The Labute approximate surface area is 139 Å². The first-order valence-corrected chi connectivity index (χ1v) is 8.51. The summed E-state index contributed by atoms with van der Waals surface area (Å²) < 4.78 is 0. The van der Waals surface area contributed by atoms with Crippen LogP contribution in [0.5, 0.6) is 0 Å². The van der Waals surface area contributed by atoms with E-state index in [9.17, 15) is 5.26 Å². The number of hydrogen-bond acceptors (Lipinski definition) is 4. The quantitative estimate of drug-likeness (QED) is 0.801. The smallest absolute Gasteiger partial charge is 0.114 e. The van der Waals surface area contributed by atoms with Gasteiger partial charge in [-0.3, -0.25) is 0 Å². The van der Waals surface area contributed by atoms with Gasteiger partial charge in [-0.25, -0.2) is 4.98 Å². The Morgan fingerprint density at radius 2 is 2.14 bits per heavy atom. The molecule has 1 aliphatic rings. The molecule has 0 fully saturated rings. The lowest BCUT2D eigenvalue weighted by atomic mass is 10.0. The molecule has 5 heteroatoms. The van der Waals surface area contributed by atoms with Gasteiger partial charge in [0, 0.05) is 36.0 Å². The molecule has 2 aromatic rings. The highest BCUT2D eigenvalue weighted by molar-refractivity contribution is 7.98. The molecular weight excluding hydrogens is 314 g/mol. The largest absolute Gasteiger partial charge is 0.302 e. The van der Waals surface area contributed by atoms with E-state index in [0.717, 1.165) is 41.0 Å². The fraction of sp³-hybridized carbons (Fsp3) is 0.294. The maximum atomic E-state index is 9.39. The molecule has 0 amide bonds. The summed E-state index contributed by atoms with van der Waals surface area (Å²) in [4.78, 5) is 6.99. The van der Waals surface area contributed by atoms with Crippen LogP contribution >= 0.6 is 23.4 Å². The molecule has 112 valence electrons. The first-order valence-electron chi connectivity index (χ1n) is 7.14. The summed E-state index contributed by atoms with van der Waals surface area (Å²) in [6.45, 7) is 1.90. The van der Waals surface area contributed by atoms with Gasteiger partial charge in [-0.05, 0) is 36.4 Å². The summed E-state index contributed by atoms with van der Waals surface area (Å²) in [7, 11) is 2.10. The second-order valence-electron chi connectivity index (χ2n) is 5.46. The van der Waals surface area contributed by atoms with Crippen LogP contribution in [-0.2, 0) is 18.7 Å². The molecule has 2 heterocycles. The minimum absolute atomic E-state index is 0.674. The second kappa shape index (κ2) is 6.70. The lowest BCUT2D eigenvalue weighted by molar-refractivity contribution is 0.309. The normalized spacial score (nSPS) is 14.4. The van der Waals surface area contributed by atoms with Crippen molar-refractivity contribution >= 4 is 23.4 Å². The Kier molecular flexibility index (Phi) is 4.68. The van der Waals surface area contributed by atoms with Gasteiger partial charge < -0.3 is 4.90 Å². The van der Waals surface area contributed by atoms with E-state index in [1.54, 1.807) is 11.8 Å².